The lowest BCUT2D eigenvalue weighted by Crippen LogP contribution is -2.49. The van der Waals surface area contributed by atoms with E-state index in [4.69, 9.17) is 0 Å². The molecule has 1 rings (SSSR count). The quantitative estimate of drug-likeness (QED) is 0.788. The molecule has 22 heavy (non-hydrogen) atoms. The molecule has 2 N–H and O–H groups in total. The van der Waals surface area contributed by atoms with Crippen LogP contribution in [0.1, 0.15) is 60.3 Å². The van der Waals surface area contributed by atoms with Gasteiger partial charge >= 0.3 is 0 Å². The molecule has 1 aliphatic carbocycles. The highest BCUT2D eigenvalue weighted by atomic mass is 16.2. The Morgan fingerprint density at radius 2 is 1.59 bits per heavy atom. The van der Waals surface area contributed by atoms with E-state index in [0.717, 1.165) is 18.8 Å². The summed E-state index contributed by atoms with van der Waals surface area (Å²) in [5.74, 6) is 0.778. The van der Waals surface area contributed by atoms with Gasteiger partial charge in [0.05, 0.1) is 13.1 Å². The smallest absolute Gasteiger partial charge is 0.234 e. The third-order valence-corrected chi connectivity index (χ3v) is 4.08. The van der Waals surface area contributed by atoms with E-state index in [-0.39, 0.29) is 23.9 Å². The molecule has 1 saturated carbocycles. The second-order valence-corrected chi connectivity index (χ2v) is 7.63. The van der Waals surface area contributed by atoms with Crippen molar-refractivity contribution in [3.63, 3.8) is 0 Å². The molecule has 5 heteroatoms. The summed E-state index contributed by atoms with van der Waals surface area (Å²) in [6.07, 6.45) is 4.53. The molecule has 5 nitrogen and oxygen atoms in total. The average molecular weight is 311 g/mol. The Morgan fingerprint density at radius 3 is 2.09 bits per heavy atom. The monoisotopic (exact) mass is 311 g/mol. The number of hydrogen-bond acceptors (Lipinski definition) is 3. The van der Waals surface area contributed by atoms with Crippen LogP contribution in [0.3, 0.4) is 0 Å². The van der Waals surface area contributed by atoms with Crippen LogP contribution in [-0.4, -0.2) is 47.9 Å². The predicted molar refractivity (Wildman–Crippen MR) is 89.6 cm³/mol. The Labute approximate surface area is 135 Å². The summed E-state index contributed by atoms with van der Waals surface area (Å²) in [6.45, 7) is 11.4. The molecule has 0 heterocycles. The van der Waals surface area contributed by atoms with Crippen LogP contribution < -0.4 is 10.6 Å². The number of carbonyl (C=O) groups excluding carboxylic acids is 2. The first-order valence-electron chi connectivity index (χ1n) is 8.52. The molecular weight excluding hydrogens is 278 g/mol. The van der Waals surface area contributed by atoms with E-state index >= 15 is 0 Å². The number of nitrogens with zero attached hydrogens (tertiary/aromatic N) is 1. The standard InChI is InChI=1S/C17H33N3O2/c1-6-20(12-16(22)19-17(3,4)5)11-15(21)18-14-9-7-13(2)8-10-14/h13-14H,6-12H2,1-5H3,(H,18,21)(H,19,22). The lowest BCUT2D eigenvalue weighted by Gasteiger charge is -2.28. The van der Waals surface area contributed by atoms with Gasteiger partial charge in [0.1, 0.15) is 0 Å². The van der Waals surface area contributed by atoms with E-state index in [1.54, 1.807) is 0 Å². The molecule has 0 atom stereocenters. The Kier molecular flexibility index (Phi) is 7.33. The minimum Gasteiger partial charge on any atom is -0.352 e. The molecule has 0 unspecified atom stereocenters. The second-order valence-electron chi connectivity index (χ2n) is 7.63. The normalized spacial score (nSPS) is 22.5. The minimum absolute atomic E-state index is 0.0324. The zero-order valence-electron chi connectivity index (χ0n) is 14.9. The van der Waals surface area contributed by atoms with Gasteiger partial charge in [-0.05, 0) is 58.9 Å². The molecule has 1 fully saturated rings. The maximum absolute atomic E-state index is 12.1. The fourth-order valence-electron chi connectivity index (χ4n) is 2.82. The van der Waals surface area contributed by atoms with Crippen LogP contribution in [0.25, 0.3) is 0 Å². The zero-order valence-corrected chi connectivity index (χ0v) is 14.9. The van der Waals surface area contributed by atoms with Gasteiger partial charge in [-0.1, -0.05) is 13.8 Å². The highest BCUT2D eigenvalue weighted by Gasteiger charge is 2.21. The first-order valence-corrected chi connectivity index (χ1v) is 8.52. The van der Waals surface area contributed by atoms with Crippen LogP contribution in [0.15, 0.2) is 0 Å². The number of hydrogen-bond donors (Lipinski definition) is 2. The Bertz CT molecular complexity index is 369. The highest BCUT2D eigenvalue weighted by Crippen LogP contribution is 2.23. The maximum Gasteiger partial charge on any atom is 0.234 e. The molecular formula is C17H33N3O2. The molecule has 0 spiro atoms. The van der Waals surface area contributed by atoms with E-state index in [0.29, 0.717) is 19.1 Å². The summed E-state index contributed by atoms with van der Waals surface area (Å²) in [5.41, 5.74) is -0.239. The Balaban J connectivity index is 2.35. The van der Waals surface area contributed by atoms with Crippen LogP contribution in [0, 0.1) is 5.92 Å². The largest absolute Gasteiger partial charge is 0.352 e. The van der Waals surface area contributed by atoms with Crippen molar-refractivity contribution in [1.82, 2.24) is 15.5 Å². The average Bonchev–Trinajstić information content (AvgIpc) is 2.38. The lowest BCUT2D eigenvalue weighted by molar-refractivity contribution is -0.126. The van der Waals surface area contributed by atoms with Crippen molar-refractivity contribution in [3.8, 4) is 0 Å². The molecule has 0 aromatic rings. The van der Waals surface area contributed by atoms with Gasteiger partial charge in [0.15, 0.2) is 0 Å². The summed E-state index contributed by atoms with van der Waals surface area (Å²) in [7, 11) is 0. The summed E-state index contributed by atoms with van der Waals surface area (Å²) in [4.78, 5) is 26.0. The minimum atomic E-state index is -0.239. The molecule has 0 bridgehead atoms. The van der Waals surface area contributed by atoms with Crippen molar-refractivity contribution in [2.75, 3.05) is 19.6 Å². The van der Waals surface area contributed by atoms with E-state index in [2.05, 4.69) is 17.6 Å². The third-order valence-electron chi connectivity index (χ3n) is 4.08. The number of amides is 2. The van der Waals surface area contributed by atoms with Crippen LogP contribution in [-0.2, 0) is 9.59 Å². The summed E-state index contributed by atoms with van der Waals surface area (Å²) in [6, 6.07) is 0.311. The van der Waals surface area contributed by atoms with Crippen molar-refractivity contribution in [2.45, 2.75) is 71.9 Å². The number of rotatable bonds is 6. The summed E-state index contributed by atoms with van der Waals surface area (Å²) in [5, 5.41) is 6.04. The van der Waals surface area contributed by atoms with Crippen LogP contribution in [0.2, 0.25) is 0 Å². The zero-order chi connectivity index (χ0) is 16.8. The molecule has 128 valence electrons. The molecule has 0 aliphatic heterocycles. The van der Waals surface area contributed by atoms with Crippen LogP contribution >= 0.6 is 0 Å². The first-order chi connectivity index (χ1) is 10.2. The first kappa shape index (κ1) is 18.9. The third kappa shape index (κ3) is 7.78. The van der Waals surface area contributed by atoms with Gasteiger partial charge < -0.3 is 10.6 Å². The second kappa shape index (κ2) is 8.51. The van der Waals surface area contributed by atoms with Gasteiger partial charge in [-0.2, -0.15) is 0 Å². The Hall–Kier alpha value is -1.10. The topological polar surface area (TPSA) is 61.4 Å². The van der Waals surface area contributed by atoms with Gasteiger partial charge in [-0.25, -0.2) is 0 Å². The molecule has 0 saturated heterocycles. The maximum atomic E-state index is 12.1. The van der Waals surface area contributed by atoms with Crippen molar-refractivity contribution in [2.24, 2.45) is 5.92 Å². The molecule has 0 aromatic carbocycles. The van der Waals surface area contributed by atoms with E-state index in [9.17, 15) is 9.59 Å². The number of carbonyl (C=O) groups is 2. The van der Waals surface area contributed by atoms with E-state index in [1.807, 2.05) is 32.6 Å². The van der Waals surface area contributed by atoms with Crippen molar-refractivity contribution in [1.29, 1.82) is 0 Å². The Morgan fingerprint density at radius 1 is 1.05 bits per heavy atom. The van der Waals surface area contributed by atoms with Gasteiger partial charge in [0.25, 0.3) is 0 Å². The molecule has 1 aliphatic rings. The molecule has 0 aromatic heterocycles. The number of nitrogens with one attached hydrogen (secondary N) is 2. The van der Waals surface area contributed by atoms with Gasteiger partial charge in [0, 0.05) is 11.6 Å². The molecule has 2 amide bonds. The van der Waals surface area contributed by atoms with Gasteiger partial charge in [-0.3, -0.25) is 14.5 Å². The number of likely N-dealkylation sites (N-methyl/N-ethyl adjacent to an activating group) is 1. The van der Waals surface area contributed by atoms with Crippen LogP contribution in [0.4, 0.5) is 0 Å². The summed E-state index contributed by atoms with van der Waals surface area (Å²) < 4.78 is 0. The predicted octanol–water partition coefficient (Wildman–Crippen LogP) is 1.92. The van der Waals surface area contributed by atoms with Gasteiger partial charge in [-0.15, -0.1) is 0 Å². The summed E-state index contributed by atoms with van der Waals surface area (Å²) >= 11 is 0. The van der Waals surface area contributed by atoms with Gasteiger partial charge in [0.2, 0.25) is 11.8 Å². The van der Waals surface area contributed by atoms with E-state index in [1.165, 1.54) is 12.8 Å². The highest BCUT2D eigenvalue weighted by molar-refractivity contribution is 5.81. The fraction of sp³-hybridized carbons (Fsp3) is 0.882. The molecule has 0 radical (unpaired) electrons. The SMILES string of the molecule is CCN(CC(=O)NC1CCC(C)CC1)CC(=O)NC(C)(C)C. The van der Waals surface area contributed by atoms with Crippen molar-refractivity contribution in [3.05, 3.63) is 0 Å². The van der Waals surface area contributed by atoms with Crippen LogP contribution in [0.5, 0.6) is 0 Å². The van der Waals surface area contributed by atoms with Crippen molar-refractivity contribution >= 4 is 11.8 Å². The lowest BCUT2D eigenvalue weighted by atomic mass is 9.87. The van der Waals surface area contributed by atoms with Crippen molar-refractivity contribution < 1.29 is 9.59 Å². The fourth-order valence-corrected chi connectivity index (χ4v) is 2.82. The van der Waals surface area contributed by atoms with E-state index < -0.39 is 0 Å².